The van der Waals surface area contributed by atoms with E-state index in [-0.39, 0.29) is 5.75 Å². The van der Waals surface area contributed by atoms with Crippen LogP contribution in [0.4, 0.5) is 5.13 Å². The van der Waals surface area contributed by atoms with Gasteiger partial charge in [0.05, 0.1) is 10.5 Å². The second kappa shape index (κ2) is 3.90. The number of nitrogens with zero attached hydrogens (tertiary/aromatic N) is 3. The molecule has 1 saturated carbocycles. The highest BCUT2D eigenvalue weighted by Gasteiger charge is 2.41. The van der Waals surface area contributed by atoms with Crippen LogP contribution in [0.25, 0.3) is 0 Å². The lowest BCUT2D eigenvalue weighted by molar-refractivity contribution is 0.522. The van der Waals surface area contributed by atoms with Crippen molar-refractivity contribution in [1.29, 1.82) is 0 Å². The van der Waals surface area contributed by atoms with E-state index < -0.39 is 14.6 Å². The summed E-state index contributed by atoms with van der Waals surface area (Å²) in [5.74, 6) is 1.70. The monoisotopic (exact) mass is 287 g/mol. The van der Waals surface area contributed by atoms with E-state index in [0.29, 0.717) is 19.0 Å². The smallest absolute Gasteiger partial charge is 0.205 e. The molecule has 1 aliphatic carbocycles. The molecule has 1 aromatic heterocycles. The highest BCUT2D eigenvalue weighted by molar-refractivity contribution is 7.92. The summed E-state index contributed by atoms with van der Waals surface area (Å²) in [4.78, 5) is 6.61. The van der Waals surface area contributed by atoms with Crippen LogP contribution in [0.15, 0.2) is 0 Å². The van der Waals surface area contributed by atoms with E-state index >= 15 is 0 Å². The summed E-state index contributed by atoms with van der Waals surface area (Å²) in [6.07, 6.45) is 2.38. The molecule has 1 aromatic rings. The molecular weight excluding hydrogens is 270 g/mol. The third-order valence-corrected chi connectivity index (χ3v) is 7.01. The molecule has 7 heteroatoms. The van der Waals surface area contributed by atoms with E-state index in [0.717, 1.165) is 11.0 Å². The van der Waals surface area contributed by atoms with Crippen molar-refractivity contribution in [3.63, 3.8) is 0 Å². The summed E-state index contributed by atoms with van der Waals surface area (Å²) in [5, 5.41) is 0.875. The lowest BCUT2D eigenvalue weighted by Crippen LogP contribution is -2.53. The van der Waals surface area contributed by atoms with Crippen LogP contribution >= 0.6 is 11.5 Å². The average Bonchev–Trinajstić information content (AvgIpc) is 3.01. The van der Waals surface area contributed by atoms with E-state index in [1.54, 1.807) is 13.8 Å². The fraction of sp³-hybridized carbons (Fsp3) is 0.818. The van der Waals surface area contributed by atoms with Gasteiger partial charge in [-0.15, -0.1) is 0 Å². The van der Waals surface area contributed by atoms with E-state index in [2.05, 4.69) is 14.3 Å². The van der Waals surface area contributed by atoms with Crippen LogP contribution in [0.3, 0.4) is 0 Å². The van der Waals surface area contributed by atoms with Crippen molar-refractivity contribution in [2.45, 2.75) is 37.4 Å². The van der Waals surface area contributed by atoms with Crippen molar-refractivity contribution in [2.75, 3.05) is 23.7 Å². The minimum atomic E-state index is -2.98. The summed E-state index contributed by atoms with van der Waals surface area (Å²) in [5.41, 5.74) is 0. The fourth-order valence-corrected chi connectivity index (χ4v) is 4.31. The molecule has 3 rings (SSSR count). The molecule has 0 spiro atoms. The highest BCUT2D eigenvalue weighted by atomic mass is 32.2. The molecule has 0 unspecified atom stereocenters. The molecule has 0 N–H and O–H groups in total. The van der Waals surface area contributed by atoms with Crippen molar-refractivity contribution >= 4 is 26.5 Å². The fourth-order valence-electron chi connectivity index (χ4n) is 2.17. The third kappa shape index (κ3) is 2.03. The van der Waals surface area contributed by atoms with Crippen LogP contribution in [-0.4, -0.2) is 41.4 Å². The predicted octanol–water partition coefficient (Wildman–Crippen LogP) is 1.43. The van der Waals surface area contributed by atoms with Crippen LogP contribution in [0.1, 0.15) is 38.4 Å². The van der Waals surface area contributed by atoms with Crippen molar-refractivity contribution in [2.24, 2.45) is 0 Å². The molecule has 2 fully saturated rings. The topological polar surface area (TPSA) is 63.2 Å². The minimum absolute atomic E-state index is 0.207. The SMILES string of the molecule is CC1(C)CN(c2nc(C3CC3)ns2)CCS1(=O)=O. The summed E-state index contributed by atoms with van der Waals surface area (Å²) >= 11 is 1.40. The van der Waals surface area contributed by atoms with Gasteiger partial charge in [-0.05, 0) is 26.7 Å². The van der Waals surface area contributed by atoms with Gasteiger partial charge in [0.25, 0.3) is 0 Å². The number of anilines is 1. The number of rotatable bonds is 2. The molecule has 0 radical (unpaired) electrons. The maximum absolute atomic E-state index is 11.9. The standard InChI is InChI=1S/C11H17N3O2S2/c1-11(2)7-14(5-6-18(11,15)16)10-12-9(13-17-10)8-3-4-8/h8H,3-7H2,1-2H3. The van der Waals surface area contributed by atoms with E-state index in [4.69, 9.17) is 0 Å². The van der Waals surface area contributed by atoms with Crippen LogP contribution in [0, 0.1) is 0 Å². The van der Waals surface area contributed by atoms with Gasteiger partial charge in [0, 0.05) is 30.5 Å². The zero-order chi connectivity index (χ0) is 13.0. The quantitative estimate of drug-likeness (QED) is 0.823. The second-order valence-corrected chi connectivity index (χ2v) is 9.18. The second-order valence-electron chi connectivity index (χ2n) is 5.71. The van der Waals surface area contributed by atoms with E-state index in [9.17, 15) is 8.42 Å². The van der Waals surface area contributed by atoms with Gasteiger partial charge in [-0.3, -0.25) is 0 Å². The number of sulfone groups is 1. The van der Waals surface area contributed by atoms with E-state index in [1.165, 1.54) is 24.4 Å². The van der Waals surface area contributed by atoms with Crippen LogP contribution in [-0.2, 0) is 9.84 Å². The first-order valence-electron chi connectivity index (χ1n) is 6.20. The number of aromatic nitrogens is 2. The van der Waals surface area contributed by atoms with Crippen LogP contribution in [0.2, 0.25) is 0 Å². The molecule has 2 aliphatic rings. The summed E-state index contributed by atoms with van der Waals surface area (Å²) < 4.78 is 27.6. The van der Waals surface area contributed by atoms with Gasteiger partial charge < -0.3 is 4.90 Å². The Morgan fingerprint density at radius 3 is 2.72 bits per heavy atom. The van der Waals surface area contributed by atoms with Crippen molar-refractivity contribution in [3.05, 3.63) is 5.82 Å². The molecule has 100 valence electrons. The van der Waals surface area contributed by atoms with Gasteiger partial charge in [-0.1, -0.05) is 0 Å². The largest absolute Gasteiger partial charge is 0.344 e. The van der Waals surface area contributed by atoms with Crippen molar-refractivity contribution < 1.29 is 8.42 Å². The Balaban J connectivity index is 1.81. The molecular formula is C11H17N3O2S2. The summed E-state index contributed by atoms with van der Waals surface area (Å²) in [6.45, 7) is 4.62. The van der Waals surface area contributed by atoms with Gasteiger partial charge in [0.1, 0.15) is 5.82 Å². The zero-order valence-electron chi connectivity index (χ0n) is 10.6. The third-order valence-electron chi connectivity index (χ3n) is 3.69. The van der Waals surface area contributed by atoms with Gasteiger partial charge in [0.2, 0.25) is 5.13 Å². The van der Waals surface area contributed by atoms with Crippen LogP contribution in [0.5, 0.6) is 0 Å². The lowest BCUT2D eigenvalue weighted by atomic mass is 10.2. The van der Waals surface area contributed by atoms with Crippen LogP contribution < -0.4 is 4.90 Å². The van der Waals surface area contributed by atoms with Gasteiger partial charge >= 0.3 is 0 Å². The average molecular weight is 287 g/mol. The first-order chi connectivity index (χ1) is 8.39. The maximum atomic E-state index is 11.9. The Morgan fingerprint density at radius 2 is 2.11 bits per heavy atom. The van der Waals surface area contributed by atoms with Crippen molar-refractivity contribution in [1.82, 2.24) is 9.36 Å². The minimum Gasteiger partial charge on any atom is -0.344 e. The van der Waals surface area contributed by atoms with Gasteiger partial charge in [0.15, 0.2) is 9.84 Å². The molecule has 0 bridgehead atoms. The molecule has 0 atom stereocenters. The Morgan fingerprint density at radius 1 is 1.39 bits per heavy atom. The first-order valence-corrected chi connectivity index (χ1v) is 8.62. The van der Waals surface area contributed by atoms with E-state index in [1.807, 2.05) is 0 Å². The van der Waals surface area contributed by atoms with Crippen molar-refractivity contribution in [3.8, 4) is 0 Å². The predicted molar refractivity (Wildman–Crippen MR) is 72.0 cm³/mol. The molecule has 0 aromatic carbocycles. The summed E-state index contributed by atoms with van der Waals surface area (Å²) in [7, 11) is -2.98. The molecule has 1 aliphatic heterocycles. The Labute approximate surface area is 111 Å². The summed E-state index contributed by atoms with van der Waals surface area (Å²) in [6, 6.07) is 0. The zero-order valence-corrected chi connectivity index (χ0v) is 12.2. The normalized spacial score (nSPS) is 26.2. The molecule has 1 saturated heterocycles. The Kier molecular flexibility index (Phi) is 2.68. The molecule has 0 amide bonds. The Hall–Kier alpha value is -0.690. The number of hydrogen-bond acceptors (Lipinski definition) is 6. The number of hydrogen-bond donors (Lipinski definition) is 0. The lowest BCUT2D eigenvalue weighted by Gasteiger charge is -2.37. The molecule has 18 heavy (non-hydrogen) atoms. The van der Waals surface area contributed by atoms with Gasteiger partial charge in [-0.2, -0.15) is 4.37 Å². The first kappa shape index (κ1) is 12.3. The molecule has 5 nitrogen and oxygen atoms in total. The molecule has 2 heterocycles. The van der Waals surface area contributed by atoms with Gasteiger partial charge in [-0.25, -0.2) is 13.4 Å². The highest BCUT2D eigenvalue weighted by Crippen LogP contribution is 2.40. The Bertz CT molecular complexity index is 561. The maximum Gasteiger partial charge on any atom is 0.205 e.